The van der Waals surface area contributed by atoms with Crippen LogP contribution in [0, 0.1) is 6.92 Å². The fourth-order valence-electron chi connectivity index (χ4n) is 0.976. The molecule has 0 saturated carbocycles. The number of nitrogens with zero attached hydrogens (tertiary/aromatic N) is 1. The Kier molecular flexibility index (Phi) is 2.39. The maximum Gasteiger partial charge on any atom is 0.0496 e. The average molecular weight is 148 g/mol. The predicted molar refractivity (Wildman–Crippen MR) is 46.1 cm³/mol. The van der Waals surface area contributed by atoms with Crippen molar-refractivity contribution >= 4 is 0 Å². The lowest BCUT2D eigenvalue weighted by atomic mass is 10.1. The lowest BCUT2D eigenvalue weighted by molar-refractivity contribution is 0.885. The van der Waals surface area contributed by atoms with Crippen molar-refractivity contribution in [3.63, 3.8) is 0 Å². The molecule has 0 amide bonds. The molecule has 0 aliphatic heterocycles. The average Bonchev–Trinajstić information content (AvgIpc) is 2.04. The third-order valence-corrected chi connectivity index (χ3v) is 1.66. The van der Waals surface area contributed by atoms with E-state index in [0.717, 1.165) is 11.3 Å². The van der Waals surface area contributed by atoms with Crippen LogP contribution < -0.4 is 5.73 Å². The van der Waals surface area contributed by atoms with Crippen LogP contribution in [0.25, 0.3) is 0 Å². The molecule has 1 aromatic heterocycles. The second-order valence-corrected chi connectivity index (χ2v) is 2.44. The van der Waals surface area contributed by atoms with Gasteiger partial charge >= 0.3 is 0 Å². The van der Waals surface area contributed by atoms with Crippen LogP contribution >= 0.6 is 0 Å². The Labute approximate surface area is 66.8 Å². The first-order valence-electron chi connectivity index (χ1n) is 3.55. The molecule has 0 saturated heterocycles. The summed E-state index contributed by atoms with van der Waals surface area (Å²) in [6.07, 6.45) is 3.47. The molecule has 58 valence electrons. The van der Waals surface area contributed by atoms with Crippen molar-refractivity contribution in [2.45, 2.75) is 13.0 Å². The third kappa shape index (κ3) is 1.65. The molecule has 0 aromatic carbocycles. The first kappa shape index (κ1) is 7.95. The SMILES string of the molecule is C=C[C@H](N)c1cccnc1C. The van der Waals surface area contributed by atoms with E-state index in [1.807, 2.05) is 19.1 Å². The van der Waals surface area contributed by atoms with Gasteiger partial charge in [0.1, 0.15) is 0 Å². The van der Waals surface area contributed by atoms with E-state index in [1.165, 1.54) is 0 Å². The first-order valence-corrected chi connectivity index (χ1v) is 3.55. The van der Waals surface area contributed by atoms with E-state index in [2.05, 4.69) is 11.6 Å². The Bertz CT molecular complexity index is 255. The molecular formula is C9H12N2. The monoisotopic (exact) mass is 148 g/mol. The second-order valence-electron chi connectivity index (χ2n) is 2.44. The van der Waals surface area contributed by atoms with Crippen LogP contribution in [-0.2, 0) is 0 Å². The summed E-state index contributed by atoms with van der Waals surface area (Å²) >= 11 is 0. The van der Waals surface area contributed by atoms with Gasteiger partial charge in [-0.25, -0.2) is 0 Å². The molecule has 1 heterocycles. The van der Waals surface area contributed by atoms with Crippen molar-refractivity contribution in [2.75, 3.05) is 0 Å². The molecule has 0 radical (unpaired) electrons. The molecule has 2 N–H and O–H groups in total. The number of hydrogen-bond donors (Lipinski definition) is 1. The summed E-state index contributed by atoms with van der Waals surface area (Å²) in [5.41, 5.74) is 7.75. The Morgan fingerprint density at radius 2 is 2.45 bits per heavy atom. The maximum absolute atomic E-state index is 5.74. The zero-order valence-electron chi connectivity index (χ0n) is 6.62. The fourth-order valence-corrected chi connectivity index (χ4v) is 0.976. The number of hydrogen-bond acceptors (Lipinski definition) is 2. The molecule has 0 unspecified atom stereocenters. The molecule has 1 atom stereocenters. The van der Waals surface area contributed by atoms with E-state index in [-0.39, 0.29) is 6.04 Å². The van der Waals surface area contributed by atoms with Gasteiger partial charge in [-0.1, -0.05) is 12.1 Å². The van der Waals surface area contributed by atoms with Crippen molar-refractivity contribution in [3.05, 3.63) is 42.2 Å². The largest absolute Gasteiger partial charge is 0.321 e. The summed E-state index contributed by atoms with van der Waals surface area (Å²) in [5, 5.41) is 0. The summed E-state index contributed by atoms with van der Waals surface area (Å²) in [7, 11) is 0. The highest BCUT2D eigenvalue weighted by molar-refractivity contribution is 5.24. The minimum atomic E-state index is -0.0938. The third-order valence-electron chi connectivity index (χ3n) is 1.66. The van der Waals surface area contributed by atoms with Gasteiger partial charge < -0.3 is 5.73 Å². The number of rotatable bonds is 2. The number of pyridine rings is 1. The highest BCUT2D eigenvalue weighted by Gasteiger charge is 2.03. The van der Waals surface area contributed by atoms with Crippen molar-refractivity contribution < 1.29 is 0 Å². The van der Waals surface area contributed by atoms with Crippen molar-refractivity contribution in [3.8, 4) is 0 Å². The van der Waals surface area contributed by atoms with E-state index >= 15 is 0 Å². The van der Waals surface area contributed by atoms with Gasteiger partial charge in [-0.2, -0.15) is 0 Å². The van der Waals surface area contributed by atoms with Crippen LogP contribution in [0.15, 0.2) is 31.0 Å². The minimum absolute atomic E-state index is 0.0938. The van der Waals surface area contributed by atoms with Crippen LogP contribution in [0.3, 0.4) is 0 Å². The van der Waals surface area contributed by atoms with Crippen LogP contribution in [0.1, 0.15) is 17.3 Å². The van der Waals surface area contributed by atoms with Crippen LogP contribution in [0.5, 0.6) is 0 Å². The molecular weight excluding hydrogens is 136 g/mol. The summed E-state index contributed by atoms with van der Waals surface area (Å²) in [5.74, 6) is 0. The maximum atomic E-state index is 5.74. The van der Waals surface area contributed by atoms with Crippen LogP contribution in [0.2, 0.25) is 0 Å². The van der Waals surface area contributed by atoms with Gasteiger partial charge in [0.15, 0.2) is 0 Å². The lowest BCUT2D eigenvalue weighted by Gasteiger charge is -2.07. The van der Waals surface area contributed by atoms with Crippen LogP contribution in [-0.4, -0.2) is 4.98 Å². The molecule has 2 nitrogen and oxygen atoms in total. The van der Waals surface area contributed by atoms with Crippen molar-refractivity contribution in [1.29, 1.82) is 0 Å². The van der Waals surface area contributed by atoms with Gasteiger partial charge in [0, 0.05) is 17.9 Å². The van der Waals surface area contributed by atoms with Crippen molar-refractivity contribution in [2.24, 2.45) is 5.73 Å². The van der Waals surface area contributed by atoms with Gasteiger partial charge in [0.25, 0.3) is 0 Å². The zero-order valence-corrected chi connectivity index (χ0v) is 6.62. The number of nitrogens with two attached hydrogens (primary N) is 1. The van der Waals surface area contributed by atoms with E-state index in [9.17, 15) is 0 Å². The van der Waals surface area contributed by atoms with Crippen LogP contribution in [0.4, 0.5) is 0 Å². The predicted octanol–water partition coefficient (Wildman–Crippen LogP) is 1.58. The normalized spacial score (nSPS) is 12.5. The summed E-state index contributed by atoms with van der Waals surface area (Å²) in [6.45, 7) is 5.57. The summed E-state index contributed by atoms with van der Waals surface area (Å²) in [4.78, 5) is 4.12. The fraction of sp³-hybridized carbons (Fsp3) is 0.222. The molecule has 1 aromatic rings. The topological polar surface area (TPSA) is 38.9 Å². The lowest BCUT2D eigenvalue weighted by Crippen LogP contribution is -2.08. The molecule has 1 rings (SSSR count). The molecule has 0 aliphatic carbocycles. The zero-order chi connectivity index (χ0) is 8.27. The highest BCUT2D eigenvalue weighted by atomic mass is 14.7. The Balaban J connectivity index is 3.02. The Hall–Kier alpha value is -1.15. The van der Waals surface area contributed by atoms with Gasteiger partial charge in [-0.15, -0.1) is 6.58 Å². The minimum Gasteiger partial charge on any atom is -0.321 e. The van der Waals surface area contributed by atoms with E-state index in [4.69, 9.17) is 5.73 Å². The van der Waals surface area contributed by atoms with Gasteiger partial charge in [-0.3, -0.25) is 4.98 Å². The van der Waals surface area contributed by atoms with Gasteiger partial charge in [0.05, 0.1) is 0 Å². The number of aromatic nitrogens is 1. The Morgan fingerprint density at radius 3 is 3.00 bits per heavy atom. The smallest absolute Gasteiger partial charge is 0.0496 e. The molecule has 0 aliphatic rings. The highest BCUT2D eigenvalue weighted by Crippen LogP contribution is 2.12. The van der Waals surface area contributed by atoms with Crippen molar-refractivity contribution in [1.82, 2.24) is 4.98 Å². The van der Waals surface area contributed by atoms with Gasteiger partial charge in [0.2, 0.25) is 0 Å². The van der Waals surface area contributed by atoms with E-state index < -0.39 is 0 Å². The first-order chi connectivity index (χ1) is 5.25. The molecule has 0 fully saturated rings. The summed E-state index contributed by atoms with van der Waals surface area (Å²) in [6, 6.07) is 3.75. The molecule has 0 bridgehead atoms. The van der Waals surface area contributed by atoms with Gasteiger partial charge in [-0.05, 0) is 18.6 Å². The van der Waals surface area contributed by atoms with E-state index in [1.54, 1.807) is 12.3 Å². The molecule has 0 spiro atoms. The van der Waals surface area contributed by atoms with E-state index in [0.29, 0.717) is 0 Å². The standard InChI is InChI=1S/C9H12N2/c1-3-9(10)8-5-4-6-11-7(8)2/h3-6,9H,1,10H2,2H3/t9-/m0/s1. The molecule has 2 heteroatoms. The summed E-state index contributed by atoms with van der Waals surface area (Å²) < 4.78 is 0. The number of aryl methyl sites for hydroxylation is 1. The molecule has 11 heavy (non-hydrogen) atoms. The quantitative estimate of drug-likeness (QED) is 0.646. The second kappa shape index (κ2) is 3.30. The Morgan fingerprint density at radius 1 is 1.73 bits per heavy atom.